The van der Waals surface area contributed by atoms with Crippen molar-refractivity contribution in [2.45, 2.75) is 143 Å². The minimum absolute atomic E-state index is 0.00914. The van der Waals surface area contributed by atoms with Crippen molar-refractivity contribution in [3.8, 4) is 22.4 Å². The number of likely N-dealkylation sites (N-methyl/N-ethyl adjacent to an activating group) is 1. The van der Waals surface area contributed by atoms with Crippen molar-refractivity contribution in [3.05, 3.63) is 132 Å². The fourth-order valence-corrected chi connectivity index (χ4v) is 16.8. The number of hydrogen-bond acceptors (Lipinski definition) is 17. The highest BCUT2D eigenvalue weighted by atomic mass is 32.1. The van der Waals surface area contributed by atoms with E-state index in [0.717, 1.165) is 64.7 Å². The molecule has 8 N–H and O–H groups in total. The summed E-state index contributed by atoms with van der Waals surface area (Å²) in [5.41, 5.74) is 15.9. The van der Waals surface area contributed by atoms with E-state index in [2.05, 4.69) is 39.8 Å². The Morgan fingerprint density at radius 1 is 0.816 bits per heavy atom. The quantitative estimate of drug-likeness (QED) is 0.0196. The first-order chi connectivity index (χ1) is 46.8. The second-order valence-electron chi connectivity index (χ2n) is 27.9. The van der Waals surface area contributed by atoms with Gasteiger partial charge < -0.3 is 41.6 Å². The molecular formula is C72H83N13O12S. The third kappa shape index (κ3) is 15.3. The number of ether oxygens (including phenoxy) is 2. The minimum Gasteiger partial charge on any atom is -0.476 e. The molecule has 4 saturated carbocycles. The number of nitrogens with one attached hydrogen (secondary N) is 3. The van der Waals surface area contributed by atoms with Gasteiger partial charge in [0.1, 0.15) is 18.7 Å². The number of carboxylic acid groups (broad SMARTS) is 1. The summed E-state index contributed by atoms with van der Waals surface area (Å²) in [6, 6.07) is 19.5. The number of aromatic nitrogens is 5. The van der Waals surface area contributed by atoms with E-state index in [1.54, 1.807) is 69.7 Å². The minimum atomic E-state index is -1.38. The van der Waals surface area contributed by atoms with Crippen LogP contribution < -0.4 is 27.4 Å². The topological polar surface area (TPSA) is 347 Å². The molecule has 514 valence electrons. The molecule has 9 amide bonds. The fourth-order valence-electron chi connectivity index (χ4n) is 16.0. The molecule has 4 aliphatic carbocycles. The van der Waals surface area contributed by atoms with Gasteiger partial charge >= 0.3 is 18.1 Å². The van der Waals surface area contributed by atoms with Crippen LogP contribution in [0, 0.1) is 29.1 Å². The number of carboxylic acids is 1. The summed E-state index contributed by atoms with van der Waals surface area (Å²) in [6.07, 6.45) is 14.0. The van der Waals surface area contributed by atoms with Crippen molar-refractivity contribution in [2.75, 3.05) is 43.9 Å². The zero-order valence-corrected chi connectivity index (χ0v) is 56.7. The largest absolute Gasteiger partial charge is 0.476 e. The van der Waals surface area contributed by atoms with Crippen LogP contribution in [0.1, 0.15) is 137 Å². The number of amides is 9. The molecule has 98 heavy (non-hydrogen) atoms. The van der Waals surface area contributed by atoms with Crippen molar-refractivity contribution >= 4 is 96.7 Å². The predicted octanol–water partition coefficient (Wildman–Crippen LogP) is 10.0. The molecule has 4 bridgehead atoms. The van der Waals surface area contributed by atoms with Gasteiger partial charge in [0, 0.05) is 91.1 Å². The van der Waals surface area contributed by atoms with Gasteiger partial charge in [-0.25, -0.2) is 24.4 Å². The first-order valence-electron chi connectivity index (χ1n) is 33.2. The number of fused-ring (bicyclic) bond motifs is 2. The van der Waals surface area contributed by atoms with E-state index in [0.29, 0.717) is 80.4 Å². The summed E-state index contributed by atoms with van der Waals surface area (Å²) >= 11 is 1.37. The molecule has 7 aromatic rings. The molecule has 1 aliphatic heterocycles. The Labute approximate surface area is 571 Å². The number of benzene rings is 3. The van der Waals surface area contributed by atoms with Crippen LogP contribution in [0.15, 0.2) is 110 Å². The summed E-state index contributed by atoms with van der Waals surface area (Å²) in [6.45, 7) is 11.5. The first kappa shape index (κ1) is 69.6. The van der Waals surface area contributed by atoms with E-state index in [1.807, 2.05) is 54.1 Å². The van der Waals surface area contributed by atoms with Gasteiger partial charge in [0.2, 0.25) is 11.8 Å². The monoisotopic (exact) mass is 1350 g/mol. The first-order valence-corrected chi connectivity index (χ1v) is 34.0. The Morgan fingerprint density at radius 3 is 2.24 bits per heavy atom. The van der Waals surface area contributed by atoms with Crippen LogP contribution in [0.5, 0.6) is 0 Å². The molecule has 5 aliphatic rings. The fraction of sp³-hybridized carbons (Fsp3) is 0.431. The molecule has 0 radical (unpaired) electrons. The number of para-hydroxylation sites is 1. The van der Waals surface area contributed by atoms with Crippen LogP contribution >= 0.6 is 11.3 Å². The summed E-state index contributed by atoms with van der Waals surface area (Å²) in [4.78, 5) is 135. The number of thiazole rings is 1. The van der Waals surface area contributed by atoms with E-state index in [1.165, 1.54) is 34.6 Å². The molecule has 0 spiro atoms. The number of nitrogens with two attached hydrogens (primary N) is 2. The Hall–Kier alpha value is -9.79. The van der Waals surface area contributed by atoms with E-state index >= 15 is 0 Å². The SMILES string of the molecule is Cc1c(-c2ccc(-c3ccc4cncc(C(=O)Nc5nc6ccccc6s5)c4c3)nc2C(=O)O)cnn1CC12CC3(C)CC(C)(C1)CC(OCCN(C)C(=O)OCc1ccc(NC(=O)[C@H](CCCN)N(C(N)=O)C(=O)[C@@H](NC(=O)CCCCCN4C(=O)C=CC4=O)C(C)C)cc1)(C3)C2. The van der Waals surface area contributed by atoms with Crippen molar-refractivity contribution in [2.24, 2.45) is 33.6 Å². The summed E-state index contributed by atoms with van der Waals surface area (Å²) in [7, 11) is 1.66. The molecule has 3 aromatic carbocycles. The molecule has 4 fully saturated rings. The number of urea groups is 1. The molecular weight excluding hydrogens is 1270 g/mol. The number of unbranched alkanes of at least 4 members (excludes halogenated alkanes) is 2. The predicted molar refractivity (Wildman–Crippen MR) is 368 cm³/mol. The lowest BCUT2D eigenvalue weighted by atomic mass is 9.39. The van der Waals surface area contributed by atoms with E-state index in [4.69, 9.17) is 31.0 Å². The van der Waals surface area contributed by atoms with Gasteiger partial charge in [-0.05, 0) is 153 Å². The molecule has 12 rings (SSSR count). The van der Waals surface area contributed by atoms with Crippen molar-refractivity contribution in [1.29, 1.82) is 0 Å². The number of carbonyl (C=O) groups excluding carboxylic acids is 8. The molecule has 4 aromatic heterocycles. The van der Waals surface area contributed by atoms with E-state index in [9.17, 15) is 48.3 Å². The standard InChI is InChI=1S/C72H83N13O12S/c1-43(2)60(80-57(86)16-8-7-11-28-83-58(87)25-26-59(83)88)64(91)85(66(74)94)55(14-12-27-73)63(90)77-48-21-17-45(18-22-48)35-96-68(95)82(6)29-30-97-72-39-69(4)36-70(5,40-72)38-71(37-69,41-72)42-84-44(3)51(34-76-84)49-23-24-53(78-61(49)65(92)93)46-19-20-47-32-75-33-52(50(47)31-46)62(89)81-67-79-54-13-9-10-15-56(54)98-67/h9-10,13,15,17-26,31-34,43,55,60H,7-8,11-12,14,16,27-30,35-42,73H2,1-6H3,(H2,74,94)(H,77,90)(H,80,86)(H,92,93)(H,79,81,89)/t55-,60-,69?,70?,71?,72?/m0/s1. The van der Waals surface area contributed by atoms with Gasteiger partial charge in [-0.1, -0.05) is 81.9 Å². The lowest BCUT2D eigenvalue weighted by Crippen LogP contribution is -2.64. The Balaban J connectivity index is 0.681. The normalized spacial score (nSPS) is 20.6. The van der Waals surface area contributed by atoms with Gasteiger partial charge in [0.05, 0.1) is 39.9 Å². The Kier molecular flexibility index (Phi) is 20.4. The number of hydrogen-bond donors (Lipinski definition) is 6. The number of imide groups is 2. The number of carbonyl (C=O) groups is 9. The summed E-state index contributed by atoms with van der Waals surface area (Å²) in [5, 5.41) is 25.8. The maximum Gasteiger partial charge on any atom is 0.409 e. The third-order valence-electron chi connectivity index (χ3n) is 19.4. The van der Waals surface area contributed by atoms with Crippen LogP contribution in [-0.4, -0.2) is 149 Å². The molecule has 4 atom stereocenters. The maximum atomic E-state index is 14.1. The number of aromatic carboxylic acids is 1. The van der Waals surface area contributed by atoms with Crippen molar-refractivity contribution in [1.82, 2.24) is 44.7 Å². The lowest BCUT2D eigenvalue weighted by Gasteiger charge is -2.69. The van der Waals surface area contributed by atoms with Crippen LogP contribution in [0.25, 0.3) is 43.4 Å². The second-order valence-corrected chi connectivity index (χ2v) is 28.9. The summed E-state index contributed by atoms with van der Waals surface area (Å²) in [5.74, 6) is -4.87. The molecule has 26 heteroatoms. The average Bonchev–Trinajstić information content (AvgIpc) is 0.818. The van der Waals surface area contributed by atoms with Gasteiger partial charge in [0.25, 0.3) is 23.6 Å². The van der Waals surface area contributed by atoms with Gasteiger partial charge in [0.15, 0.2) is 10.8 Å². The van der Waals surface area contributed by atoms with Crippen molar-refractivity contribution < 1.29 is 57.7 Å². The highest BCUT2D eigenvalue weighted by molar-refractivity contribution is 7.22. The van der Waals surface area contributed by atoms with E-state index < -0.39 is 59.4 Å². The number of anilines is 2. The number of rotatable bonds is 28. The van der Waals surface area contributed by atoms with Gasteiger partial charge in [-0.2, -0.15) is 5.10 Å². The number of primary amides is 1. The average molecular weight is 1350 g/mol. The smallest absolute Gasteiger partial charge is 0.409 e. The van der Waals surface area contributed by atoms with Crippen LogP contribution in [0.2, 0.25) is 0 Å². The molecule has 25 nitrogen and oxygen atoms in total. The highest BCUT2D eigenvalue weighted by Gasteiger charge is 2.66. The van der Waals surface area contributed by atoms with Gasteiger partial charge in [-0.15, -0.1) is 0 Å². The van der Waals surface area contributed by atoms with Crippen LogP contribution in [-0.2, 0) is 46.6 Å². The van der Waals surface area contributed by atoms with Crippen molar-refractivity contribution in [3.63, 3.8) is 0 Å². The lowest BCUT2D eigenvalue weighted by molar-refractivity contribution is -0.248. The van der Waals surface area contributed by atoms with Gasteiger partial charge in [-0.3, -0.25) is 53.5 Å². The third-order valence-corrected chi connectivity index (χ3v) is 20.3. The Morgan fingerprint density at radius 2 is 1.55 bits per heavy atom. The van der Waals surface area contributed by atoms with Crippen LogP contribution in [0.3, 0.4) is 0 Å². The Bertz CT molecular complexity index is 4230. The zero-order valence-electron chi connectivity index (χ0n) is 55.9. The number of nitrogens with zero attached hydrogens (tertiary/aromatic N) is 8. The van der Waals surface area contributed by atoms with E-state index in [-0.39, 0.29) is 91.8 Å². The van der Waals surface area contributed by atoms with Crippen LogP contribution in [0.4, 0.5) is 20.4 Å². The number of pyridine rings is 2. The molecule has 0 saturated heterocycles. The highest BCUT2D eigenvalue weighted by Crippen LogP contribution is 2.72. The summed E-state index contributed by atoms with van der Waals surface area (Å²) < 4.78 is 15.7. The maximum absolute atomic E-state index is 14.1. The zero-order chi connectivity index (χ0) is 69.8. The molecule has 2 unspecified atom stereocenters. The molecule has 5 heterocycles. The second kappa shape index (κ2) is 28.7.